The molecule has 6 atom stereocenters. The minimum atomic E-state index is -1.98. The van der Waals surface area contributed by atoms with E-state index in [1.54, 1.807) is 30.3 Å². The third-order valence-electron chi connectivity index (χ3n) is 10.1. The van der Waals surface area contributed by atoms with Crippen molar-refractivity contribution >= 4 is 29.6 Å². The first-order valence-electron chi connectivity index (χ1n) is 16.6. The maximum Gasteiger partial charge on any atom is 0.421 e. The largest absolute Gasteiger partial charge is 0.508 e. The first-order chi connectivity index (χ1) is 24.7. The number of anilines is 1. The zero-order chi connectivity index (χ0) is 35.9. The van der Waals surface area contributed by atoms with Gasteiger partial charge in [-0.2, -0.15) is 0 Å². The Balaban J connectivity index is 1.55. The van der Waals surface area contributed by atoms with Crippen molar-refractivity contribution in [2.45, 2.75) is 36.1 Å². The van der Waals surface area contributed by atoms with Gasteiger partial charge in [0.05, 0.1) is 30.3 Å². The van der Waals surface area contributed by atoms with E-state index in [9.17, 15) is 24.6 Å². The number of phenols is 1. The van der Waals surface area contributed by atoms with Crippen molar-refractivity contribution in [1.82, 2.24) is 4.90 Å². The number of aliphatic hydroxyl groups is 1. The van der Waals surface area contributed by atoms with E-state index in [2.05, 4.69) is 0 Å². The quantitative estimate of drug-likeness (QED) is 0.173. The fraction of sp³-hybridized carbons (Fsp3) is 0.282. The number of nitrogens with zero attached hydrogens (tertiary/aromatic N) is 2. The smallest absolute Gasteiger partial charge is 0.421 e. The molecule has 2 fully saturated rings. The second-order valence-electron chi connectivity index (χ2n) is 12.8. The first-order valence-corrected chi connectivity index (χ1v) is 16.6. The number of methoxy groups -OCH3 is 1. The molecule has 3 aliphatic rings. The fourth-order valence-electron chi connectivity index (χ4n) is 8.18. The van der Waals surface area contributed by atoms with Gasteiger partial charge < -0.3 is 30.2 Å². The second kappa shape index (κ2) is 13.6. The monoisotopic (exact) mass is 691 g/mol. The number of aliphatic hydroxyl groups excluding tert-OH is 1. The summed E-state index contributed by atoms with van der Waals surface area (Å²) in [6.07, 6.45) is -1.67. The predicted octanol–water partition coefficient (Wildman–Crippen LogP) is 3.86. The van der Waals surface area contributed by atoms with E-state index in [-0.39, 0.29) is 43.2 Å². The summed E-state index contributed by atoms with van der Waals surface area (Å²) in [6, 6.07) is 26.4. The van der Waals surface area contributed by atoms with E-state index in [0.29, 0.717) is 16.7 Å². The Kier molecular flexibility index (Phi) is 9.06. The summed E-state index contributed by atoms with van der Waals surface area (Å²) in [6.45, 7) is -0.289. The van der Waals surface area contributed by atoms with Gasteiger partial charge in [0.15, 0.2) is 0 Å². The highest BCUT2D eigenvalue weighted by Crippen LogP contribution is 2.65. The van der Waals surface area contributed by atoms with Crippen molar-refractivity contribution in [1.29, 1.82) is 0 Å². The summed E-state index contributed by atoms with van der Waals surface area (Å²) in [5, 5.41) is 20.3. The molecule has 2 saturated heterocycles. The van der Waals surface area contributed by atoms with Crippen LogP contribution in [0.2, 0.25) is 0 Å². The van der Waals surface area contributed by atoms with Crippen LogP contribution in [0.25, 0.3) is 0 Å². The predicted molar refractivity (Wildman–Crippen MR) is 183 cm³/mol. The molecule has 4 N–H and O–H groups in total. The number of nitrogens with two attached hydrogens (primary N) is 1. The SMILES string of the molecule is COCCOC(=O)N1C(=O)[C@@]2(c3cc(CCO)ccc31)[C@H](C(N)=O)[C@H]1C(=O)O[C@H](c3ccccc3)[C@H](c3ccccc3)N1[C@@H]2c1ccc(O)cc1. The van der Waals surface area contributed by atoms with Crippen LogP contribution in [0.15, 0.2) is 103 Å². The molecule has 12 heteroatoms. The molecule has 12 nitrogen and oxygen atoms in total. The van der Waals surface area contributed by atoms with Crippen LogP contribution in [0, 0.1) is 5.92 Å². The Bertz CT molecular complexity index is 1960. The fourth-order valence-corrected chi connectivity index (χ4v) is 8.18. The van der Waals surface area contributed by atoms with Crippen LogP contribution in [0.5, 0.6) is 5.75 Å². The number of amides is 3. The summed E-state index contributed by atoms with van der Waals surface area (Å²) >= 11 is 0. The molecule has 51 heavy (non-hydrogen) atoms. The molecule has 3 amide bonds. The molecule has 0 radical (unpaired) electrons. The molecule has 3 heterocycles. The number of hydrogen-bond acceptors (Lipinski definition) is 10. The molecule has 0 unspecified atom stereocenters. The number of carbonyl (C=O) groups is 4. The van der Waals surface area contributed by atoms with E-state index >= 15 is 4.79 Å². The second-order valence-corrected chi connectivity index (χ2v) is 12.8. The molecular weight excluding hydrogens is 654 g/mol. The summed E-state index contributed by atoms with van der Waals surface area (Å²) < 4.78 is 16.8. The highest BCUT2D eigenvalue weighted by atomic mass is 16.6. The number of carbonyl (C=O) groups excluding carboxylic acids is 4. The summed E-state index contributed by atoms with van der Waals surface area (Å²) in [4.78, 5) is 60.6. The number of fused-ring (bicyclic) bond motifs is 3. The van der Waals surface area contributed by atoms with Gasteiger partial charge in [0.1, 0.15) is 29.9 Å². The van der Waals surface area contributed by atoms with Crippen LogP contribution in [-0.2, 0) is 40.4 Å². The molecule has 7 rings (SSSR count). The third kappa shape index (κ3) is 5.43. The number of primary amides is 1. The number of phenolic OH excluding ortho intramolecular Hbond substituents is 1. The van der Waals surface area contributed by atoms with E-state index in [1.165, 1.54) is 19.2 Å². The number of morpholine rings is 1. The van der Waals surface area contributed by atoms with Gasteiger partial charge in [-0.15, -0.1) is 0 Å². The lowest BCUT2D eigenvalue weighted by Crippen LogP contribution is -2.55. The van der Waals surface area contributed by atoms with Crippen LogP contribution in [0.1, 0.15) is 46.0 Å². The van der Waals surface area contributed by atoms with E-state index in [4.69, 9.17) is 19.9 Å². The minimum absolute atomic E-state index is 0.0413. The van der Waals surface area contributed by atoms with Gasteiger partial charge in [0.25, 0.3) is 0 Å². The molecule has 0 saturated carbocycles. The number of ether oxygens (including phenoxy) is 3. The number of aromatic hydroxyl groups is 1. The van der Waals surface area contributed by atoms with Crippen LogP contribution in [-0.4, -0.2) is 72.0 Å². The van der Waals surface area contributed by atoms with Gasteiger partial charge >= 0.3 is 12.1 Å². The van der Waals surface area contributed by atoms with Gasteiger partial charge in [0, 0.05) is 13.7 Å². The average molecular weight is 692 g/mol. The normalized spacial score (nSPS) is 25.4. The highest BCUT2D eigenvalue weighted by molar-refractivity contribution is 6.23. The molecule has 262 valence electrons. The summed E-state index contributed by atoms with van der Waals surface area (Å²) in [5.74, 6) is -4.11. The molecule has 0 bridgehead atoms. The Morgan fingerprint density at radius 1 is 0.863 bits per heavy atom. The van der Waals surface area contributed by atoms with Crippen molar-refractivity contribution in [2.75, 3.05) is 31.8 Å². The van der Waals surface area contributed by atoms with Crippen molar-refractivity contribution in [3.8, 4) is 5.75 Å². The third-order valence-corrected chi connectivity index (χ3v) is 10.1. The Labute approximate surface area is 293 Å². The molecule has 4 aromatic rings. The Morgan fingerprint density at radius 3 is 2.16 bits per heavy atom. The molecule has 3 aliphatic heterocycles. The molecule has 0 aromatic heterocycles. The summed E-state index contributed by atoms with van der Waals surface area (Å²) in [7, 11) is 1.45. The number of rotatable bonds is 9. The molecule has 0 aliphatic carbocycles. The zero-order valence-electron chi connectivity index (χ0n) is 27.8. The van der Waals surface area contributed by atoms with Gasteiger partial charge in [0.2, 0.25) is 11.8 Å². The number of cyclic esters (lactones) is 1. The number of benzene rings is 4. The lowest BCUT2D eigenvalue weighted by atomic mass is 9.65. The van der Waals surface area contributed by atoms with Crippen LogP contribution >= 0.6 is 0 Å². The Morgan fingerprint density at radius 2 is 1.53 bits per heavy atom. The lowest BCUT2D eigenvalue weighted by Gasteiger charge is -2.46. The van der Waals surface area contributed by atoms with Crippen molar-refractivity contribution < 1.29 is 43.6 Å². The minimum Gasteiger partial charge on any atom is -0.508 e. The van der Waals surface area contributed by atoms with Crippen LogP contribution in [0.3, 0.4) is 0 Å². The van der Waals surface area contributed by atoms with Gasteiger partial charge in [-0.25, -0.2) is 9.69 Å². The highest BCUT2D eigenvalue weighted by Gasteiger charge is 2.75. The molecular formula is C39H37N3O9. The number of hydrogen-bond donors (Lipinski definition) is 3. The standard InChI is InChI=1S/C39H37N3O9/c1-49-20-21-50-38(48)41-29-17-12-23(18-19-43)22-28(29)39(37(41)47)30(35(40)45)32-36(46)51-33(25-10-6-3-7-11-25)31(24-8-4-2-5-9-24)42(32)34(39)26-13-15-27(44)16-14-26/h2-17,22,30-34,43-44H,18-21H2,1H3,(H2,40,45)/t30-,31-,32-,33+,34+,39-/m0/s1. The van der Waals surface area contributed by atoms with E-state index in [1.807, 2.05) is 65.6 Å². The maximum absolute atomic E-state index is 15.4. The van der Waals surface area contributed by atoms with E-state index in [0.717, 1.165) is 10.5 Å². The number of imide groups is 1. The lowest BCUT2D eigenvalue weighted by molar-refractivity contribution is -0.178. The first kappa shape index (κ1) is 33.9. The Hall–Kier alpha value is -5.56. The van der Waals surface area contributed by atoms with Crippen LogP contribution in [0.4, 0.5) is 10.5 Å². The van der Waals surface area contributed by atoms with Crippen molar-refractivity contribution in [3.63, 3.8) is 0 Å². The van der Waals surface area contributed by atoms with Gasteiger partial charge in [-0.1, -0.05) is 84.9 Å². The number of esters is 1. The van der Waals surface area contributed by atoms with Crippen molar-refractivity contribution in [2.24, 2.45) is 11.7 Å². The van der Waals surface area contributed by atoms with Gasteiger partial charge in [-0.05, 0) is 52.4 Å². The van der Waals surface area contributed by atoms with Crippen LogP contribution < -0.4 is 10.6 Å². The topological polar surface area (TPSA) is 169 Å². The summed E-state index contributed by atoms with van der Waals surface area (Å²) in [5.41, 5.74) is 7.27. The molecule has 4 aromatic carbocycles. The maximum atomic E-state index is 15.4. The zero-order valence-corrected chi connectivity index (χ0v) is 27.8. The average Bonchev–Trinajstić information content (AvgIpc) is 3.59. The van der Waals surface area contributed by atoms with E-state index < -0.39 is 59.4 Å². The van der Waals surface area contributed by atoms with Crippen molar-refractivity contribution in [3.05, 3.63) is 131 Å². The van der Waals surface area contributed by atoms with Gasteiger partial charge in [-0.3, -0.25) is 19.3 Å². The molecule has 1 spiro atoms.